The van der Waals surface area contributed by atoms with Crippen molar-refractivity contribution in [3.63, 3.8) is 0 Å². The Kier molecular flexibility index (Phi) is 1.85. The van der Waals surface area contributed by atoms with Crippen molar-refractivity contribution < 1.29 is 4.79 Å². The number of rotatable bonds is 1. The molecule has 58 valence electrons. The zero-order chi connectivity index (χ0) is 8.43. The van der Waals surface area contributed by atoms with E-state index in [-0.39, 0.29) is 5.95 Å². The molecule has 1 aromatic heterocycles. The second-order valence-electron chi connectivity index (χ2n) is 2.30. The molecule has 0 aromatic carbocycles. The summed E-state index contributed by atoms with van der Waals surface area (Å²) in [6, 6.07) is 0. The lowest BCUT2D eigenvalue weighted by molar-refractivity contribution is 0.111. The molecule has 1 rings (SSSR count). The molecule has 0 unspecified atom stereocenters. The molecule has 0 saturated heterocycles. The molecule has 2 N–H and O–H groups in total. The number of nitrogens with two attached hydrogens (primary N) is 1. The fourth-order valence-corrected chi connectivity index (χ4v) is 0.788. The van der Waals surface area contributed by atoms with Gasteiger partial charge >= 0.3 is 0 Å². The Balaban J connectivity index is 3.35. The Hall–Kier alpha value is -1.45. The van der Waals surface area contributed by atoms with Gasteiger partial charge in [-0.25, -0.2) is 9.97 Å². The first-order valence-electron chi connectivity index (χ1n) is 3.21. The van der Waals surface area contributed by atoms with Crippen molar-refractivity contribution in [1.82, 2.24) is 9.97 Å². The lowest BCUT2D eigenvalue weighted by Crippen LogP contribution is -2.03. The average Bonchev–Trinajstić information content (AvgIpc) is 1.96. The molecule has 11 heavy (non-hydrogen) atoms. The lowest BCUT2D eigenvalue weighted by Gasteiger charge is -2.01. The standard InChI is InChI=1S/C7H9N3O/c1-4-5(2)9-7(8)10-6(4)3-11/h3H,1-2H3,(H2,8,9,10). The molecule has 4 heteroatoms. The van der Waals surface area contributed by atoms with Crippen LogP contribution in [0.4, 0.5) is 5.95 Å². The first kappa shape index (κ1) is 7.65. The first-order valence-corrected chi connectivity index (χ1v) is 3.21. The largest absolute Gasteiger partial charge is 0.368 e. The maximum absolute atomic E-state index is 10.4. The van der Waals surface area contributed by atoms with Crippen LogP contribution in [0, 0.1) is 13.8 Å². The highest BCUT2D eigenvalue weighted by atomic mass is 16.1. The van der Waals surface area contributed by atoms with Gasteiger partial charge in [-0.15, -0.1) is 0 Å². The van der Waals surface area contributed by atoms with Crippen LogP contribution in [0.5, 0.6) is 0 Å². The number of carbonyl (C=O) groups excluding carboxylic acids is 1. The summed E-state index contributed by atoms with van der Waals surface area (Å²) in [5.74, 6) is 0.148. The quantitative estimate of drug-likeness (QED) is 0.593. The van der Waals surface area contributed by atoms with Gasteiger partial charge in [-0.3, -0.25) is 4.79 Å². The summed E-state index contributed by atoms with van der Waals surface area (Å²) in [6.45, 7) is 3.58. The minimum absolute atomic E-state index is 0.148. The van der Waals surface area contributed by atoms with Crippen LogP contribution in [-0.4, -0.2) is 16.3 Å². The summed E-state index contributed by atoms with van der Waals surface area (Å²) in [4.78, 5) is 18.0. The number of carbonyl (C=O) groups is 1. The van der Waals surface area contributed by atoms with Crippen molar-refractivity contribution in [2.24, 2.45) is 0 Å². The number of anilines is 1. The fourth-order valence-electron chi connectivity index (χ4n) is 0.788. The average molecular weight is 151 g/mol. The number of nitrogen functional groups attached to an aromatic ring is 1. The van der Waals surface area contributed by atoms with Crippen LogP contribution in [0.25, 0.3) is 0 Å². The Morgan fingerprint density at radius 2 is 2.00 bits per heavy atom. The maximum atomic E-state index is 10.4. The lowest BCUT2D eigenvalue weighted by atomic mass is 10.2. The molecule has 0 atom stereocenters. The highest BCUT2D eigenvalue weighted by molar-refractivity contribution is 5.74. The van der Waals surface area contributed by atoms with Gasteiger partial charge in [0.15, 0.2) is 6.29 Å². The van der Waals surface area contributed by atoms with Gasteiger partial charge in [-0.1, -0.05) is 0 Å². The predicted octanol–water partition coefficient (Wildman–Crippen LogP) is 0.488. The third-order valence-electron chi connectivity index (χ3n) is 1.56. The van der Waals surface area contributed by atoms with E-state index in [1.54, 1.807) is 13.8 Å². The molecule has 1 heterocycles. The van der Waals surface area contributed by atoms with Crippen LogP contribution in [0.1, 0.15) is 21.7 Å². The highest BCUT2D eigenvalue weighted by Crippen LogP contribution is 2.07. The Morgan fingerprint density at radius 1 is 1.36 bits per heavy atom. The van der Waals surface area contributed by atoms with Crippen molar-refractivity contribution in [2.45, 2.75) is 13.8 Å². The van der Waals surface area contributed by atoms with E-state index < -0.39 is 0 Å². The van der Waals surface area contributed by atoms with Crippen LogP contribution in [0.2, 0.25) is 0 Å². The van der Waals surface area contributed by atoms with Crippen molar-refractivity contribution in [3.8, 4) is 0 Å². The van der Waals surface area contributed by atoms with E-state index in [1.807, 2.05) is 0 Å². The van der Waals surface area contributed by atoms with Crippen LogP contribution >= 0.6 is 0 Å². The summed E-state index contributed by atoms with van der Waals surface area (Å²) < 4.78 is 0. The zero-order valence-electron chi connectivity index (χ0n) is 6.46. The normalized spacial score (nSPS) is 9.64. The third kappa shape index (κ3) is 1.34. The molecule has 0 spiro atoms. The van der Waals surface area contributed by atoms with E-state index in [4.69, 9.17) is 5.73 Å². The number of hydrogen-bond acceptors (Lipinski definition) is 4. The smallest absolute Gasteiger partial charge is 0.220 e. The maximum Gasteiger partial charge on any atom is 0.220 e. The Morgan fingerprint density at radius 3 is 2.55 bits per heavy atom. The Labute approximate surface area is 64.5 Å². The van der Waals surface area contributed by atoms with Crippen molar-refractivity contribution in [1.29, 1.82) is 0 Å². The van der Waals surface area contributed by atoms with E-state index in [0.717, 1.165) is 11.3 Å². The van der Waals surface area contributed by atoms with E-state index >= 15 is 0 Å². The van der Waals surface area contributed by atoms with Gasteiger partial charge < -0.3 is 5.73 Å². The highest BCUT2D eigenvalue weighted by Gasteiger charge is 2.03. The molecular weight excluding hydrogens is 142 g/mol. The monoisotopic (exact) mass is 151 g/mol. The predicted molar refractivity (Wildman–Crippen MR) is 41.3 cm³/mol. The molecule has 0 bridgehead atoms. The molecule has 4 nitrogen and oxygen atoms in total. The van der Waals surface area contributed by atoms with Crippen LogP contribution in [0.15, 0.2) is 0 Å². The summed E-state index contributed by atoms with van der Waals surface area (Å²) in [6.07, 6.45) is 0.681. The van der Waals surface area contributed by atoms with E-state index in [2.05, 4.69) is 9.97 Å². The van der Waals surface area contributed by atoms with Gasteiger partial charge in [0.2, 0.25) is 5.95 Å². The molecule has 0 aliphatic rings. The van der Waals surface area contributed by atoms with Crippen LogP contribution < -0.4 is 5.73 Å². The number of nitrogens with zero attached hydrogens (tertiary/aromatic N) is 2. The summed E-state index contributed by atoms with van der Waals surface area (Å²) in [5.41, 5.74) is 7.23. The van der Waals surface area contributed by atoms with Crippen molar-refractivity contribution in [3.05, 3.63) is 17.0 Å². The number of hydrogen-bond donors (Lipinski definition) is 1. The third-order valence-corrected chi connectivity index (χ3v) is 1.56. The van der Waals surface area contributed by atoms with Gasteiger partial charge in [0, 0.05) is 5.69 Å². The summed E-state index contributed by atoms with van der Waals surface area (Å²) in [7, 11) is 0. The van der Waals surface area contributed by atoms with Gasteiger partial charge in [-0.2, -0.15) is 0 Å². The van der Waals surface area contributed by atoms with Gasteiger partial charge in [-0.05, 0) is 19.4 Å². The molecular formula is C7H9N3O. The second kappa shape index (κ2) is 2.65. The number of aryl methyl sites for hydroxylation is 1. The van der Waals surface area contributed by atoms with Gasteiger partial charge in [0.1, 0.15) is 5.69 Å². The minimum Gasteiger partial charge on any atom is -0.368 e. The SMILES string of the molecule is Cc1nc(N)nc(C=O)c1C. The molecule has 1 aromatic rings. The minimum atomic E-state index is 0.148. The summed E-state index contributed by atoms with van der Waals surface area (Å²) in [5, 5.41) is 0. The van der Waals surface area contributed by atoms with Gasteiger partial charge in [0.05, 0.1) is 0 Å². The van der Waals surface area contributed by atoms with Crippen molar-refractivity contribution >= 4 is 12.2 Å². The van der Waals surface area contributed by atoms with E-state index in [9.17, 15) is 4.79 Å². The molecule has 0 radical (unpaired) electrons. The molecule has 0 amide bonds. The summed E-state index contributed by atoms with van der Waals surface area (Å²) >= 11 is 0. The molecule has 0 saturated carbocycles. The Bertz CT molecular complexity index is 296. The van der Waals surface area contributed by atoms with Crippen LogP contribution in [-0.2, 0) is 0 Å². The number of aldehydes is 1. The van der Waals surface area contributed by atoms with E-state index in [1.165, 1.54) is 0 Å². The molecule has 0 aliphatic heterocycles. The number of aromatic nitrogens is 2. The van der Waals surface area contributed by atoms with Gasteiger partial charge in [0.25, 0.3) is 0 Å². The van der Waals surface area contributed by atoms with E-state index in [0.29, 0.717) is 12.0 Å². The zero-order valence-corrected chi connectivity index (χ0v) is 6.46. The molecule has 0 aliphatic carbocycles. The second-order valence-corrected chi connectivity index (χ2v) is 2.30. The van der Waals surface area contributed by atoms with Crippen LogP contribution in [0.3, 0.4) is 0 Å². The molecule has 0 fully saturated rings. The fraction of sp³-hybridized carbons (Fsp3) is 0.286. The first-order chi connectivity index (χ1) is 5.15. The topological polar surface area (TPSA) is 68.9 Å². The van der Waals surface area contributed by atoms with Crippen molar-refractivity contribution in [2.75, 3.05) is 5.73 Å².